The maximum atomic E-state index is 14.8. The van der Waals surface area contributed by atoms with Gasteiger partial charge in [-0.3, -0.25) is 0 Å². The standard InChI is InChI=1S/C29H43F9O7/c1-10-13-39-16-17-42-24(6,7)19-27(33,34)43-18-22(30)28(35,36)45-25(8,9)29(37,38)44-21(3)26(31,32)20-40-15-12-23(4,5)41-14-11-2/h1-2,21-22H,12-20H2,3-9H3. The molecule has 0 aliphatic heterocycles. The van der Waals surface area contributed by atoms with E-state index in [1.54, 1.807) is 13.8 Å². The van der Waals surface area contributed by atoms with Crippen LogP contribution in [0.25, 0.3) is 0 Å². The lowest BCUT2D eigenvalue weighted by atomic mass is 10.0. The topological polar surface area (TPSA) is 64.6 Å². The molecule has 0 radical (unpaired) electrons. The van der Waals surface area contributed by atoms with Crippen molar-refractivity contribution in [3.8, 4) is 24.7 Å². The average molecular weight is 675 g/mol. The van der Waals surface area contributed by atoms with Crippen LogP contribution in [-0.2, 0) is 33.2 Å². The Morgan fingerprint density at radius 1 is 0.711 bits per heavy atom. The summed E-state index contributed by atoms with van der Waals surface area (Å²) in [5.41, 5.74) is -5.86. The quantitative estimate of drug-likeness (QED) is 0.0648. The number of hydrogen-bond acceptors (Lipinski definition) is 7. The van der Waals surface area contributed by atoms with E-state index in [2.05, 4.69) is 26.1 Å². The van der Waals surface area contributed by atoms with Gasteiger partial charge in [0.2, 0.25) is 6.17 Å². The SMILES string of the molecule is C#CCOCCOC(C)(C)CC(F)(F)OCC(F)C(F)(F)OC(C)(C)C(F)(F)OC(C)C(F)(F)COCCC(C)(C)OCC#C. The minimum atomic E-state index is -5.14. The van der Waals surface area contributed by atoms with Gasteiger partial charge < -0.3 is 33.2 Å². The van der Waals surface area contributed by atoms with Crippen LogP contribution in [0.5, 0.6) is 0 Å². The van der Waals surface area contributed by atoms with Gasteiger partial charge in [-0.2, -0.15) is 26.3 Å². The Bertz CT molecular complexity index is 961. The van der Waals surface area contributed by atoms with Gasteiger partial charge >= 0.3 is 18.3 Å². The minimum absolute atomic E-state index is 0.0347. The van der Waals surface area contributed by atoms with Crippen molar-refractivity contribution in [2.75, 3.05) is 46.2 Å². The number of halogens is 9. The molecule has 0 aromatic rings. The van der Waals surface area contributed by atoms with Crippen LogP contribution in [0.4, 0.5) is 39.5 Å². The van der Waals surface area contributed by atoms with Crippen LogP contribution in [-0.4, -0.2) is 99.6 Å². The molecular formula is C29H43F9O7. The first-order valence-corrected chi connectivity index (χ1v) is 13.7. The molecule has 0 fully saturated rings. The number of alkyl halides is 9. The second-order valence-corrected chi connectivity index (χ2v) is 11.7. The third-order valence-corrected chi connectivity index (χ3v) is 6.04. The molecule has 0 aliphatic rings. The van der Waals surface area contributed by atoms with Crippen molar-refractivity contribution in [3.63, 3.8) is 0 Å². The summed E-state index contributed by atoms with van der Waals surface area (Å²) in [6.45, 7) is 2.92. The van der Waals surface area contributed by atoms with Crippen LogP contribution in [0.1, 0.15) is 61.3 Å². The van der Waals surface area contributed by atoms with Gasteiger partial charge in [-0.25, -0.2) is 13.2 Å². The maximum Gasteiger partial charge on any atom is 0.390 e. The molecule has 2 atom stereocenters. The molecule has 45 heavy (non-hydrogen) atoms. The zero-order chi connectivity index (χ0) is 35.4. The van der Waals surface area contributed by atoms with E-state index in [0.717, 1.165) is 0 Å². The van der Waals surface area contributed by atoms with Crippen molar-refractivity contribution >= 4 is 0 Å². The second kappa shape index (κ2) is 17.4. The van der Waals surface area contributed by atoms with Gasteiger partial charge in [-0.1, -0.05) is 11.8 Å². The second-order valence-electron chi connectivity index (χ2n) is 11.7. The number of hydrogen-bond donors (Lipinski definition) is 0. The molecule has 0 amide bonds. The first kappa shape index (κ1) is 43.2. The van der Waals surface area contributed by atoms with Crippen molar-refractivity contribution in [2.45, 2.75) is 115 Å². The highest BCUT2D eigenvalue weighted by Gasteiger charge is 2.59. The van der Waals surface area contributed by atoms with Crippen molar-refractivity contribution in [3.05, 3.63) is 0 Å². The molecule has 0 aliphatic carbocycles. The van der Waals surface area contributed by atoms with Crippen molar-refractivity contribution in [2.24, 2.45) is 0 Å². The van der Waals surface area contributed by atoms with Gasteiger partial charge in [0.1, 0.15) is 25.9 Å². The molecular weight excluding hydrogens is 631 g/mol. The third-order valence-electron chi connectivity index (χ3n) is 6.04. The van der Waals surface area contributed by atoms with E-state index in [-0.39, 0.29) is 39.5 Å². The maximum absolute atomic E-state index is 14.8. The van der Waals surface area contributed by atoms with Crippen molar-refractivity contribution in [1.29, 1.82) is 0 Å². The van der Waals surface area contributed by atoms with E-state index < -0.39 is 73.0 Å². The fourth-order valence-corrected chi connectivity index (χ4v) is 3.26. The Kier molecular flexibility index (Phi) is 16.7. The summed E-state index contributed by atoms with van der Waals surface area (Å²) < 4.78 is 162. The highest BCUT2D eigenvalue weighted by Crippen LogP contribution is 2.42. The summed E-state index contributed by atoms with van der Waals surface area (Å²) in [5.74, 6) is 0.379. The molecule has 0 aromatic heterocycles. The number of ether oxygens (including phenoxy) is 7. The van der Waals surface area contributed by atoms with E-state index >= 15 is 0 Å². The zero-order valence-electron chi connectivity index (χ0n) is 26.4. The predicted molar refractivity (Wildman–Crippen MR) is 145 cm³/mol. The number of rotatable bonds is 24. The van der Waals surface area contributed by atoms with Crippen LogP contribution in [0, 0.1) is 24.7 Å². The van der Waals surface area contributed by atoms with E-state index in [1.165, 1.54) is 13.8 Å². The molecule has 2 unspecified atom stereocenters. The smallest absolute Gasteiger partial charge is 0.375 e. The molecule has 0 N–H and O–H groups in total. The van der Waals surface area contributed by atoms with Crippen LogP contribution in [0.3, 0.4) is 0 Å². The normalized spacial score (nSPS) is 15.4. The monoisotopic (exact) mass is 674 g/mol. The van der Waals surface area contributed by atoms with Gasteiger partial charge in [0.05, 0.1) is 37.4 Å². The van der Waals surface area contributed by atoms with Gasteiger partial charge in [-0.15, -0.1) is 12.8 Å². The predicted octanol–water partition coefficient (Wildman–Crippen LogP) is 6.63. The molecule has 0 heterocycles. The highest BCUT2D eigenvalue weighted by molar-refractivity contribution is 4.87. The molecule has 264 valence electrons. The molecule has 0 spiro atoms. The number of terminal acetylenes is 2. The lowest BCUT2D eigenvalue weighted by Gasteiger charge is -2.39. The minimum Gasteiger partial charge on any atom is -0.375 e. The summed E-state index contributed by atoms with van der Waals surface area (Å²) in [6, 6.07) is 0. The lowest BCUT2D eigenvalue weighted by Crippen LogP contribution is -2.56. The summed E-state index contributed by atoms with van der Waals surface area (Å²) in [6.07, 6.45) is -11.5. The molecule has 0 saturated carbocycles. The van der Waals surface area contributed by atoms with E-state index in [1.807, 2.05) is 0 Å². The third kappa shape index (κ3) is 16.6. The fourth-order valence-electron chi connectivity index (χ4n) is 3.26. The van der Waals surface area contributed by atoms with Gasteiger partial charge in [-0.05, 0) is 54.9 Å². The zero-order valence-corrected chi connectivity index (χ0v) is 26.4. The first-order chi connectivity index (χ1) is 20.2. The van der Waals surface area contributed by atoms with Crippen molar-refractivity contribution in [1.82, 2.24) is 0 Å². The summed E-state index contributed by atoms with van der Waals surface area (Å²) in [4.78, 5) is 0. The molecule has 16 heteroatoms. The van der Waals surface area contributed by atoms with Crippen LogP contribution >= 0.6 is 0 Å². The Morgan fingerprint density at radius 2 is 1.29 bits per heavy atom. The van der Waals surface area contributed by atoms with Crippen molar-refractivity contribution < 1.29 is 72.7 Å². The van der Waals surface area contributed by atoms with Crippen LogP contribution < -0.4 is 0 Å². The Labute approximate surface area is 258 Å². The summed E-state index contributed by atoms with van der Waals surface area (Å²) in [5, 5.41) is 0. The van der Waals surface area contributed by atoms with Gasteiger partial charge in [0.25, 0.3) is 5.92 Å². The largest absolute Gasteiger partial charge is 0.390 e. The van der Waals surface area contributed by atoms with Crippen LogP contribution in [0.15, 0.2) is 0 Å². The van der Waals surface area contributed by atoms with E-state index in [4.69, 9.17) is 31.8 Å². The Morgan fingerprint density at radius 3 is 1.84 bits per heavy atom. The first-order valence-electron chi connectivity index (χ1n) is 13.7. The van der Waals surface area contributed by atoms with Gasteiger partial charge in [0, 0.05) is 6.61 Å². The molecule has 0 aromatic carbocycles. The molecule has 0 rings (SSSR count). The molecule has 0 bridgehead atoms. The molecule has 0 saturated heterocycles. The van der Waals surface area contributed by atoms with E-state index in [9.17, 15) is 39.5 Å². The molecule has 7 nitrogen and oxygen atoms in total. The van der Waals surface area contributed by atoms with Crippen LogP contribution in [0.2, 0.25) is 0 Å². The fraction of sp³-hybridized carbons (Fsp3) is 0.862. The van der Waals surface area contributed by atoms with E-state index in [0.29, 0.717) is 20.8 Å². The average Bonchev–Trinajstić information content (AvgIpc) is 2.87. The Balaban J connectivity index is 5.12. The lowest BCUT2D eigenvalue weighted by molar-refractivity contribution is -0.419. The highest BCUT2D eigenvalue weighted by atomic mass is 19.3. The van der Waals surface area contributed by atoms with Gasteiger partial charge in [0.15, 0.2) is 5.60 Å². The Hall–Kier alpha value is -1.79. The summed E-state index contributed by atoms with van der Waals surface area (Å²) in [7, 11) is 0. The summed E-state index contributed by atoms with van der Waals surface area (Å²) >= 11 is 0.